The monoisotopic (exact) mass is 456 g/mol. The molecule has 0 aliphatic carbocycles. The molecule has 0 saturated heterocycles. The molecule has 0 saturated carbocycles. The highest BCUT2D eigenvalue weighted by Crippen LogP contribution is 2.39. The molecular formula is C28H28N2O4. The number of carbonyl (C=O) groups is 2. The molecule has 3 aromatic carbocycles. The number of imide groups is 1. The number of amides is 2. The van der Waals surface area contributed by atoms with Crippen molar-refractivity contribution in [2.24, 2.45) is 0 Å². The minimum atomic E-state index is -0.452. The molecule has 2 amide bonds. The highest BCUT2D eigenvalue weighted by molar-refractivity contribution is 6.46. The van der Waals surface area contributed by atoms with Crippen LogP contribution in [-0.2, 0) is 9.59 Å². The van der Waals surface area contributed by atoms with Gasteiger partial charge in [0.15, 0.2) is 0 Å². The Morgan fingerprint density at radius 1 is 0.853 bits per heavy atom. The Balaban J connectivity index is 1.83. The summed E-state index contributed by atoms with van der Waals surface area (Å²) in [5.74, 6) is 0.207. The quantitative estimate of drug-likeness (QED) is 0.449. The molecule has 174 valence electrons. The Morgan fingerprint density at radius 2 is 1.50 bits per heavy atom. The van der Waals surface area contributed by atoms with Crippen molar-refractivity contribution in [3.8, 4) is 11.5 Å². The lowest BCUT2D eigenvalue weighted by molar-refractivity contribution is -0.120. The minimum Gasteiger partial charge on any atom is -0.492 e. The van der Waals surface area contributed by atoms with Gasteiger partial charge in [0.25, 0.3) is 11.8 Å². The summed E-state index contributed by atoms with van der Waals surface area (Å²) in [6, 6.07) is 22.0. The summed E-state index contributed by atoms with van der Waals surface area (Å²) in [7, 11) is 0. The summed E-state index contributed by atoms with van der Waals surface area (Å²) < 4.78 is 11.6. The van der Waals surface area contributed by atoms with Crippen molar-refractivity contribution in [3.05, 3.63) is 89.6 Å². The number of aryl methyl sites for hydroxylation is 1. The van der Waals surface area contributed by atoms with Gasteiger partial charge in [0.05, 0.1) is 29.7 Å². The van der Waals surface area contributed by atoms with Crippen LogP contribution in [0.4, 0.5) is 11.4 Å². The van der Waals surface area contributed by atoms with Gasteiger partial charge in [-0.2, -0.15) is 0 Å². The van der Waals surface area contributed by atoms with Crippen LogP contribution in [0.15, 0.2) is 78.5 Å². The van der Waals surface area contributed by atoms with Gasteiger partial charge in [-0.05, 0) is 57.5 Å². The number of hydrogen-bond donors (Lipinski definition) is 1. The number of nitrogens with zero attached hydrogens (tertiary/aromatic N) is 1. The zero-order valence-electron chi connectivity index (χ0n) is 19.8. The first-order valence-corrected chi connectivity index (χ1v) is 11.3. The lowest BCUT2D eigenvalue weighted by Crippen LogP contribution is -2.33. The van der Waals surface area contributed by atoms with E-state index < -0.39 is 11.8 Å². The number of nitrogens with one attached hydrogen (secondary N) is 1. The van der Waals surface area contributed by atoms with Crippen molar-refractivity contribution in [2.45, 2.75) is 33.8 Å². The van der Waals surface area contributed by atoms with Crippen molar-refractivity contribution < 1.29 is 19.1 Å². The van der Waals surface area contributed by atoms with E-state index in [0.717, 1.165) is 5.56 Å². The van der Waals surface area contributed by atoms with E-state index >= 15 is 0 Å². The second-order valence-corrected chi connectivity index (χ2v) is 8.25. The molecule has 0 unspecified atom stereocenters. The van der Waals surface area contributed by atoms with Crippen molar-refractivity contribution in [1.82, 2.24) is 0 Å². The van der Waals surface area contributed by atoms with Crippen molar-refractivity contribution in [1.29, 1.82) is 0 Å². The average molecular weight is 457 g/mol. The van der Waals surface area contributed by atoms with Gasteiger partial charge in [-0.25, -0.2) is 4.90 Å². The van der Waals surface area contributed by atoms with Gasteiger partial charge in [-0.3, -0.25) is 9.59 Å². The molecule has 4 rings (SSSR count). The van der Waals surface area contributed by atoms with Crippen LogP contribution in [0.2, 0.25) is 0 Å². The van der Waals surface area contributed by atoms with Crippen LogP contribution >= 0.6 is 0 Å². The third-order valence-electron chi connectivity index (χ3n) is 5.34. The lowest BCUT2D eigenvalue weighted by atomic mass is 10.0. The number of hydrogen-bond acceptors (Lipinski definition) is 5. The van der Waals surface area contributed by atoms with Gasteiger partial charge in [-0.1, -0.05) is 54.1 Å². The Bertz CT molecular complexity index is 1250. The highest BCUT2D eigenvalue weighted by Gasteiger charge is 2.41. The third kappa shape index (κ3) is 4.53. The molecule has 0 radical (unpaired) electrons. The van der Waals surface area contributed by atoms with Crippen LogP contribution < -0.4 is 19.7 Å². The number of rotatable bonds is 8. The van der Waals surface area contributed by atoms with E-state index in [1.54, 1.807) is 18.2 Å². The summed E-state index contributed by atoms with van der Waals surface area (Å²) in [5.41, 5.74) is 3.23. The van der Waals surface area contributed by atoms with E-state index in [2.05, 4.69) is 5.32 Å². The fourth-order valence-electron chi connectivity index (χ4n) is 3.83. The summed E-state index contributed by atoms with van der Waals surface area (Å²) in [5, 5.41) is 3.20. The van der Waals surface area contributed by atoms with Crippen molar-refractivity contribution >= 4 is 28.8 Å². The smallest absolute Gasteiger partial charge is 0.282 e. The average Bonchev–Trinajstić information content (AvgIpc) is 3.05. The van der Waals surface area contributed by atoms with Crippen LogP contribution in [0.25, 0.3) is 5.57 Å². The van der Waals surface area contributed by atoms with Crippen LogP contribution in [0.1, 0.15) is 31.9 Å². The van der Waals surface area contributed by atoms with Crippen LogP contribution in [0, 0.1) is 6.92 Å². The first-order chi connectivity index (χ1) is 16.4. The van der Waals surface area contributed by atoms with E-state index in [0.29, 0.717) is 40.6 Å². The largest absolute Gasteiger partial charge is 0.492 e. The Kier molecular flexibility index (Phi) is 6.68. The standard InChI is InChI=1S/C28H28N2O4/c1-5-33-23-12-8-6-10-21(23)29-26-25(20-16-14-19(4)15-17-20)27(31)30(28(26)32)22-11-7-9-13-24(22)34-18(2)3/h6-18,29H,5H2,1-4H3. The zero-order chi connectivity index (χ0) is 24.2. The molecule has 0 spiro atoms. The maximum Gasteiger partial charge on any atom is 0.282 e. The van der Waals surface area contributed by atoms with Crippen LogP contribution in [0.3, 0.4) is 0 Å². The maximum atomic E-state index is 13.8. The van der Waals surface area contributed by atoms with Crippen LogP contribution in [-0.4, -0.2) is 24.5 Å². The fourth-order valence-corrected chi connectivity index (χ4v) is 3.83. The fraction of sp³-hybridized carbons (Fsp3) is 0.214. The predicted molar refractivity (Wildman–Crippen MR) is 134 cm³/mol. The second-order valence-electron chi connectivity index (χ2n) is 8.25. The normalized spacial score (nSPS) is 13.6. The summed E-state index contributed by atoms with van der Waals surface area (Å²) >= 11 is 0. The maximum absolute atomic E-state index is 13.8. The third-order valence-corrected chi connectivity index (χ3v) is 5.34. The highest BCUT2D eigenvalue weighted by atomic mass is 16.5. The molecule has 3 aromatic rings. The molecule has 0 aromatic heterocycles. The van der Waals surface area contributed by atoms with Gasteiger partial charge >= 0.3 is 0 Å². The van der Waals surface area contributed by atoms with Crippen molar-refractivity contribution in [2.75, 3.05) is 16.8 Å². The van der Waals surface area contributed by atoms with Gasteiger partial charge < -0.3 is 14.8 Å². The van der Waals surface area contributed by atoms with E-state index in [4.69, 9.17) is 9.47 Å². The lowest BCUT2D eigenvalue weighted by Gasteiger charge is -2.20. The molecule has 6 nitrogen and oxygen atoms in total. The number of benzene rings is 3. The SMILES string of the molecule is CCOc1ccccc1NC1=C(c2ccc(C)cc2)C(=O)N(c2ccccc2OC(C)C)C1=O. The molecule has 6 heteroatoms. The summed E-state index contributed by atoms with van der Waals surface area (Å²) in [4.78, 5) is 28.7. The molecule has 0 fully saturated rings. The number of anilines is 2. The van der Waals surface area contributed by atoms with E-state index in [9.17, 15) is 9.59 Å². The molecule has 1 heterocycles. The first-order valence-electron chi connectivity index (χ1n) is 11.3. The molecule has 0 atom stereocenters. The number of para-hydroxylation sites is 4. The van der Waals surface area contributed by atoms with Crippen molar-refractivity contribution in [3.63, 3.8) is 0 Å². The summed E-state index contributed by atoms with van der Waals surface area (Å²) in [6.45, 7) is 8.14. The molecular weight excluding hydrogens is 428 g/mol. The Morgan fingerprint density at radius 3 is 2.18 bits per heavy atom. The van der Waals surface area contributed by atoms with Gasteiger partial charge in [0.2, 0.25) is 0 Å². The summed E-state index contributed by atoms with van der Waals surface area (Å²) in [6.07, 6.45) is -0.117. The molecule has 0 bridgehead atoms. The van der Waals surface area contributed by atoms with Gasteiger partial charge in [-0.15, -0.1) is 0 Å². The molecule has 1 N–H and O–H groups in total. The second kappa shape index (κ2) is 9.83. The van der Waals surface area contributed by atoms with Gasteiger partial charge in [0.1, 0.15) is 17.2 Å². The van der Waals surface area contributed by atoms with E-state index in [1.807, 2.05) is 82.3 Å². The molecule has 1 aliphatic heterocycles. The topological polar surface area (TPSA) is 67.9 Å². The molecule has 34 heavy (non-hydrogen) atoms. The molecule has 1 aliphatic rings. The minimum absolute atomic E-state index is 0.117. The van der Waals surface area contributed by atoms with Gasteiger partial charge in [0, 0.05) is 0 Å². The Hall–Kier alpha value is -4.06. The number of carbonyl (C=O) groups excluding carboxylic acids is 2. The van der Waals surface area contributed by atoms with Crippen LogP contribution in [0.5, 0.6) is 11.5 Å². The Labute approximate surface area is 199 Å². The van der Waals surface area contributed by atoms with E-state index in [-0.39, 0.29) is 11.8 Å². The first kappa shape index (κ1) is 23.1. The zero-order valence-corrected chi connectivity index (χ0v) is 19.8. The van der Waals surface area contributed by atoms with E-state index in [1.165, 1.54) is 4.90 Å². The number of ether oxygens (including phenoxy) is 2. The predicted octanol–water partition coefficient (Wildman–Crippen LogP) is 5.58.